The van der Waals surface area contributed by atoms with Crippen LogP contribution in [0, 0.1) is 0 Å². The minimum atomic E-state index is -3.30. The van der Waals surface area contributed by atoms with Gasteiger partial charge < -0.3 is 5.32 Å². The standard InChI is InChI=1S/C9H13N3O2S/c13-15(14,8-2-1-3-10-6-8)9-7-11-4-5-12-9/h4-5,7-8,10H,1-3,6H2/t8-/m0/s1. The fourth-order valence-corrected chi connectivity index (χ4v) is 3.26. The van der Waals surface area contributed by atoms with Crippen LogP contribution in [-0.4, -0.2) is 36.7 Å². The van der Waals surface area contributed by atoms with Crippen LogP contribution in [0.1, 0.15) is 12.8 Å². The van der Waals surface area contributed by atoms with Gasteiger partial charge >= 0.3 is 0 Å². The second kappa shape index (κ2) is 4.24. The zero-order valence-electron chi connectivity index (χ0n) is 8.26. The SMILES string of the molecule is O=S(=O)(c1cnccn1)[C@H]1CCCNC1. The van der Waals surface area contributed by atoms with Crippen LogP contribution < -0.4 is 5.32 Å². The highest BCUT2D eigenvalue weighted by atomic mass is 32.2. The number of hydrogen-bond acceptors (Lipinski definition) is 5. The number of piperidine rings is 1. The van der Waals surface area contributed by atoms with Crippen molar-refractivity contribution in [2.24, 2.45) is 0 Å². The van der Waals surface area contributed by atoms with Gasteiger partial charge in [-0.3, -0.25) is 4.98 Å². The Morgan fingerprint density at radius 2 is 2.27 bits per heavy atom. The summed E-state index contributed by atoms with van der Waals surface area (Å²) in [6.45, 7) is 1.41. The van der Waals surface area contributed by atoms with Crippen molar-refractivity contribution in [2.45, 2.75) is 23.1 Å². The van der Waals surface area contributed by atoms with E-state index in [1.165, 1.54) is 18.6 Å². The van der Waals surface area contributed by atoms with Crippen molar-refractivity contribution in [1.29, 1.82) is 0 Å². The number of nitrogens with one attached hydrogen (secondary N) is 1. The monoisotopic (exact) mass is 227 g/mol. The van der Waals surface area contributed by atoms with Gasteiger partial charge in [0.05, 0.1) is 11.4 Å². The molecule has 82 valence electrons. The summed E-state index contributed by atoms with van der Waals surface area (Å²) in [7, 11) is -3.30. The highest BCUT2D eigenvalue weighted by molar-refractivity contribution is 7.92. The molecule has 15 heavy (non-hydrogen) atoms. The first-order valence-corrected chi connectivity index (χ1v) is 6.46. The van der Waals surface area contributed by atoms with E-state index < -0.39 is 9.84 Å². The normalized spacial score (nSPS) is 22.5. The molecule has 0 unspecified atom stereocenters. The zero-order valence-corrected chi connectivity index (χ0v) is 9.07. The average molecular weight is 227 g/mol. The second-order valence-corrected chi connectivity index (χ2v) is 5.73. The number of hydrogen-bond donors (Lipinski definition) is 1. The van der Waals surface area contributed by atoms with E-state index in [0.717, 1.165) is 13.0 Å². The summed E-state index contributed by atoms with van der Waals surface area (Å²) in [5.41, 5.74) is 0. The number of rotatable bonds is 2. The minimum absolute atomic E-state index is 0.0821. The maximum Gasteiger partial charge on any atom is 0.201 e. The molecule has 5 nitrogen and oxygen atoms in total. The van der Waals surface area contributed by atoms with Gasteiger partial charge in [-0.05, 0) is 19.4 Å². The molecule has 1 N–H and O–H groups in total. The van der Waals surface area contributed by atoms with Gasteiger partial charge in [0, 0.05) is 18.9 Å². The molecular formula is C9H13N3O2S. The van der Waals surface area contributed by atoms with Crippen molar-refractivity contribution in [1.82, 2.24) is 15.3 Å². The predicted molar refractivity (Wildman–Crippen MR) is 55.1 cm³/mol. The Kier molecular flexibility index (Phi) is 2.97. The Morgan fingerprint density at radius 3 is 2.87 bits per heavy atom. The quantitative estimate of drug-likeness (QED) is 0.770. The lowest BCUT2D eigenvalue weighted by Gasteiger charge is -2.21. The molecule has 1 fully saturated rings. The first-order valence-electron chi connectivity index (χ1n) is 4.92. The summed E-state index contributed by atoms with van der Waals surface area (Å²) >= 11 is 0. The number of nitrogens with zero attached hydrogens (tertiary/aromatic N) is 2. The van der Waals surface area contributed by atoms with Crippen molar-refractivity contribution in [3.63, 3.8) is 0 Å². The molecule has 2 heterocycles. The first kappa shape index (κ1) is 10.5. The van der Waals surface area contributed by atoms with E-state index in [4.69, 9.17) is 0 Å². The fourth-order valence-electron chi connectivity index (χ4n) is 1.69. The van der Waals surface area contributed by atoms with E-state index >= 15 is 0 Å². The van der Waals surface area contributed by atoms with Gasteiger partial charge in [0.15, 0.2) is 5.03 Å². The molecule has 0 saturated carbocycles. The van der Waals surface area contributed by atoms with E-state index in [-0.39, 0.29) is 10.3 Å². The van der Waals surface area contributed by atoms with Crippen LogP contribution in [0.15, 0.2) is 23.6 Å². The van der Waals surface area contributed by atoms with Gasteiger partial charge in [0.25, 0.3) is 0 Å². The molecule has 0 aromatic carbocycles. The van der Waals surface area contributed by atoms with Crippen molar-refractivity contribution >= 4 is 9.84 Å². The molecule has 0 amide bonds. The van der Waals surface area contributed by atoms with E-state index in [0.29, 0.717) is 13.0 Å². The Bertz CT molecular complexity index is 412. The van der Waals surface area contributed by atoms with E-state index in [1.807, 2.05) is 0 Å². The molecule has 6 heteroatoms. The van der Waals surface area contributed by atoms with Gasteiger partial charge in [0.1, 0.15) is 0 Å². The van der Waals surface area contributed by atoms with Gasteiger partial charge in [-0.25, -0.2) is 13.4 Å². The topological polar surface area (TPSA) is 72.0 Å². The van der Waals surface area contributed by atoms with Crippen LogP contribution in [0.3, 0.4) is 0 Å². The Hall–Kier alpha value is -1.01. The summed E-state index contributed by atoms with van der Waals surface area (Å²) in [6, 6.07) is 0. The third-order valence-corrected chi connectivity index (χ3v) is 4.60. The molecular weight excluding hydrogens is 214 g/mol. The maximum absolute atomic E-state index is 12.0. The van der Waals surface area contributed by atoms with Crippen LogP contribution in [-0.2, 0) is 9.84 Å². The maximum atomic E-state index is 12.0. The Balaban J connectivity index is 2.26. The molecule has 1 aliphatic heterocycles. The second-order valence-electron chi connectivity index (χ2n) is 3.56. The molecule has 1 saturated heterocycles. The summed E-state index contributed by atoms with van der Waals surface area (Å²) in [4.78, 5) is 7.63. The zero-order chi connectivity index (χ0) is 10.7. The third kappa shape index (κ3) is 2.15. The smallest absolute Gasteiger partial charge is 0.201 e. The highest BCUT2D eigenvalue weighted by Gasteiger charge is 2.29. The van der Waals surface area contributed by atoms with Crippen LogP contribution >= 0.6 is 0 Å². The van der Waals surface area contributed by atoms with E-state index in [9.17, 15) is 8.42 Å². The minimum Gasteiger partial charge on any atom is -0.315 e. The van der Waals surface area contributed by atoms with Gasteiger partial charge in [0.2, 0.25) is 9.84 Å². The molecule has 1 aromatic heterocycles. The lowest BCUT2D eigenvalue weighted by atomic mass is 10.2. The first-order chi connectivity index (χ1) is 7.21. The Labute approximate surface area is 88.9 Å². The van der Waals surface area contributed by atoms with Gasteiger partial charge in [-0.15, -0.1) is 0 Å². The van der Waals surface area contributed by atoms with Crippen molar-refractivity contribution in [2.75, 3.05) is 13.1 Å². The lowest BCUT2D eigenvalue weighted by molar-refractivity contribution is 0.495. The third-order valence-electron chi connectivity index (χ3n) is 2.52. The Morgan fingerprint density at radius 1 is 1.40 bits per heavy atom. The van der Waals surface area contributed by atoms with Gasteiger partial charge in [-0.2, -0.15) is 0 Å². The largest absolute Gasteiger partial charge is 0.315 e. The van der Waals surface area contributed by atoms with Crippen molar-refractivity contribution in [3.05, 3.63) is 18.6 Å². The summed E-state index contributed by atoms with van der Waals surface area (Å²) in [5.74, 6) is 0. The molecule has 2 rings (SSSR count). The molecule has 1 atom stereocenters. The molecule has 0 spiro atoms. The molecule has 1 aliphatic rings. The molecule has 0 radical (unpaired) electrons. The van der Waals surface area contributed by atoms with Crippen molar-refractivity contribution < 1.29 is 8.42 Å². The predicted octanol–water partition coefficient (Wildman–Crippen LogP) is 0.00230. The number of sulfone groups is 1. The molecule has 1 aromatic rings. The lowest BCUT2D eigenvalue weighted by Crippen LogP contribution is -2.39. The highest BCUT2D eigenvalue weighted by Crippen LogP contribution is 2.18. The van der Waals surface area contributed by atoms with Gasteiger partial charge in [-0.1, -0.05) is 0 Å². The van der Waals surface area contributed by atoms with E-state index in [1.54, 1.807) is 0 Å². The fraction of sp³-hybridized carbons (Fsp3) is 0.556. The van der Waals surface area contributed by atoms with Crippen LogP contribution in [0.5, 0.6) is 0 Å². The number of aromatic nitrogens is 2. The van der Waals surface area contributed by atoms with Crippen LogP contribution in [0.25, 0.3) is 0 Å². The molecule has 0 aliphatic carbocycles. The van der Waals surface area contributed by atoms with Crippen molar-refractivity contribution in [3.8, 4) is 0 Å². The van der Waals surface area contributed by atoms with Crippen LogP contribution in [0.2, 0.25) is 0 Å². The summed E-state index contributed by atoms with van der Waals surface area (Å²) in [6.07, 6.45) is 5.78. The summed E-state index contributed by atoms with van der Waals surface area (Å²) in [5, 5.41) is 2.81. The van der Waals surface area contributed by atoms with Crippen LogP contribution in [0.4, 0.5) is 0 Å². The van der Waals surface area contributed by atoms with E-state index in [2.05, 4.69) is 15.3 Å². The molecule has 0 bridgehead atoms. The average Bonchev–Trinajstić information content (AvgIpc) is 2.31. The summed E-state index contributed by atoms with van der Waals surface area (Å²) < 4.78 is 24.1.